The number of benzene rings is 2. The number of anilines is 4. The number of para-hydroxylation sites is 1. The summed E-state index contributed by atoms with van der Waals surface area (Å²) in [7, 11) is 0. The largest absolute Gasteiger partial charge is 0.417 e. The van der Waals surface area contributed by atoms with Gasteiger partial charge in [-0.2, -0.15) is 9.97 Å². The molecule has 0 unspecified atom stereocenters. The highest BCUT2D eigenvalue weighted by Gasteiger charge is 2.21. The van der Waals surface area contributed by atoms with Gasteiger partial charge in [-0.1, -0.05) is 24.3 Å². The van der Waals surface area contributed by atoms with Gasteiger partial charge in [0, 0.05) is 24.0 Å². The third kappa shape index (κ3) is 5.55. The minimum atomic E-state index is -0.575. The molecule has 2 aromatic carbocycles. The Kier molecular flexibility index (Phi) is 6.94. The summed E-state index contributed by atoms with van der Waals surface area (Å²) in [6.45, 7) is 2.76. The molecule has 186 valence electrons. The van der Waals surface area contributed by atoms with Gasteiger partial charge < -0.3 is 25.0 Å². The van der Waals surface area contributed by atoms with Crippen molar-refractivity contribution in [2.45, 2.75) is 51.3 Å². The van der Waals surface area contributed by atoms with Crippen molar-refractivity contribution in [3.63, 3.8) is 0 Å². The maximum absolute atomic E-state index is 12.3. The summed E-state index contributed by atoms with van der Waals surface area (Å²) in [5, 5.41) is 19.3. The van der Waals surface area contributed by atoms with Gasteiger partial charge in [0.15, 0.2) is 17.0 Å². The van der Waals surface area contributed by atoms with Crippen LogP contribution in [0.25, 0.3) is 11.2 Å². The van der Waals surface area contributed by atoms with Gasteiger partial charge in [-0.25, -0.2) is 9.78 Å². The fourth-order valence-corrected chi connectivity index (χ4v) is 4.28. The Balaban J connectivity index is 1.35. The van der Waals surface area contributed by atoms with Crippen molar-refractivity contribution in [2.75, 3.05) is 16.0 Å². The molecule has 0 aliphatic heterocycles. The standard InChI is InChI=1S/C26H29N7O3/c1-2-33-16-27-22-23(31-25(32-24(22)33)29-17-11-13-20(34)14-12-17)28-18-7-6-8-19(15-18)30-26(35)36-21-9-4-3-5-10-21/h3-10,15-17,20,34H,2,11-14H2,1H3,(H,30,35)(H2,28,29,31,32)/t17-,20-. The minimum absolute atomic E-state index is 0.208. The topological polar surface area (TPSA) is 126 Å². The third-order valence-corrected chi connectivity index (χ3v) is 6.16. The molecule has 10 nitrogen and oxygen atoms in total. The Bertz CT molecular complexity index is 1330. The van der Waals surface area contributed by atoms with Crippen LogP contribution in [0.2, 0.25) is 0 Å². The van der Waals surface area contributed by atoms with Crippen LogP contribution in [0.1, 0.15) is 32.6 Å². The van der Waals surface area contributed by atoms with E-state index < -0.39 is 6.09 Å². The lowest BCUT2D eigenvalue weighted by atomic mass is 9.93. The van der Waals surface area contributed by atoms with Crippen molar-refractivity contribution < 1.29 is 14.6 Å². The Hall–Kier alpha value is -4.18. The normalized spacial score (nSPS) is 17.5. The van der Waals surface area contributed by atoms with E-state index >= 15 is 0 Å². The predicted molar refractivity (Wildman–Crippen MR) is 139 cm³/mol. The maximum Gasteiger partial charge on any atom is 0.417 e. The van der Waals surface area contributed by atoms with E-state index in [2.05, 4.69) is 20.9 Å². The molecule has 2 heterocycles. The lowest BCUT2D eigenvalue weighted by Crippen LogP contribution is -2.29. The molecule has 4 aromatic rings. The molecular formula is C26H29N7O3. The predicted octanol–water partition coefficient (Wildman–Crippen LogP) is 4.92. The van der Waals surface area contributed by atoms with E-state index in [1.54, 1.807) is 42.7 Å². The number of carbonyl (C=O) groups excluding carboxylic acids is 1. The molecule has 1 aliphatic rings. The highest BCUT2D eigenvalue weighted by molar-refractivity contribution is 5.89. The smallest absolute Gasteiger partial charge is 0.410 e. The van der Waals surface area contributed by atoms with Crippen LogP contribution in [0.5, 0.6) is 5.75 Å². The van der Waals surface area contributed by atoms with Gasteiger partial charge in [0.25, 0.3) is 0 Å². The van der Waals surface area contributed by atoms with E-state index in [1.165, 1.54) is 0 Å². The number of carbonyl (C=O) groups is 1. The monoisotopic (exact) mass is 487 g/mol. The summed E-state index contributed by atoms with van der Waals surface area (Å²) in [4.78, 5) is 26.3. The number of aryl methyl sites for hydroxylation is 1. The van der Waals surface area contributed by atoms with Crippen LogP contribution in [0, 0.1) is 0 Å². The third-order valence-electron chi connectivity index (χ3n) is 6.16. The molecular weight excluding hydrogens is 458 g/mol. The highest BCUT2D eigenvalue weighted by atomic mass is 16.6. The van der Waals surface area contributed by atoms with Crippen LogP contribution in [-0.2, 0) is 6.54 Å². The van der Waals surface area contributed by atoms with Crippen molar-refractivity contribution in [2.24, 2.45) is 0 Å². The lowest BCUT2D eigenvalue weighted by molar-refractivity contribution is 0.126. The number of aliphatic hydroxyl groups excluding tert-OH is 1. The molecule has 5 rings (SSSR count). The Labute approximate surface area is 208 Å². The van der Waals surface area contributed by atoms with Gasteiger partial charge in [-0.15, -0.1) is 0 Å². The van der Waals surface area contributed by atoms with Crippen LogP contribution in [-0.4, -0.2) is 42.9 Å². The average Bonchev–Trinajstić information content (AvgIpc) is 3.29. The first kappa shape index (κ1) is 23.6. The van der Waals surface area contributed by atoms with Gasteiger partial charge in [-0.05, 0) is 62.9 Å². The van der Waals surface area contributed by atoms with Crippen molar-refractivity contribution in [1.82, 2.24) is 19.5 Å². The van der Waals surface area contributed by atoms with E-state index in [4.69, 9.17) is 14.7 Å². The number of hydrogen-bond donors (Lipinski definition) is 4. The molecule has 1 aliphatic carbocycles. The van der Waals surface area contributed by atoms with E-state index in [9.17, 15) is 9.90 Å². The first-order valence-electron chi connectivity index (χ1n) is 12.2. The summed E-state index contributed by atoms with van der Waals surface area (Å²) in [6.07, 6.45) is 4.22. The molecule has 1 saturated carbocycles. The first-order chi connectivity index (χ1) is 17.6. The van der Waals surface area contributed by atoms with Gasteiger partial charge in [0.1, 0.15) is 5.75 Å². The van der Waals surface area contributed by atoms with Crippen molar-refractivity contribution in [1.29, 1.82) is 0 Å². The maximum atomic E-state index is 12.3. The molecule has 36 heavy (non-hydrogen) atoms. The number of nitrogens with one attached hydrogen (secondary N) is 3. The number of fused-ring (bicyclic) bond motifs is 1. The van der Waals surface area contributed by atoms with E-state index in [0.29, 0.717) is 28.7 Å². The van der Waals surface area contributed by atoms with Crippen molar-refractivity contribution in [3.8, 4) is 5.75 Å². The summed E-state index contributed by atoms with van der Waals surface area (Å²) in [5.41, 5.74) is 2.69. The molecule has 2 aromatic heterocycles. The quantitative estimate of drug-likeness (QED) is 0.289. The molecule has 1 fully saturated rings. The number of hydrogen-bond acceptors (Lipinski definition) is 8. The fourth-order valence-electron chi connectivity index (χ4n) is 4.28. The molecule has 0 spiro atoms. The zero-order valence-electron chi connectivity index (χ0n) is 20.0. The molecule has 4 N–H and O–H groups in total. The molecule has 0 bridgehead atoms. The summed E-state index contributed by atoms with van der Waals surface area (Å²) < 4.78 is 7.28. The number of ether oxygens (including phenoxy) is 1. The number of aliphatic hydroxyl groups is 1. The Morgan fingerprint density at radius 1 is 1.06 bits per heavy atom. The number of amides is 1. The molecule has 1 amide bonds. The van der Waals surface area contributed by atoms with Gasteiger partial charge in [0.2, 0.25) is 5.95 Å². The van der Waals surface area contributed by atoms with Gasteiger partial charge >= 0.3 is 6.09 Å². The van der Waals surface area contributed by atoms with E-state index in [1.807, 2.05) is 29.7 Å². The second kappa shape index (κ2) is 10.6. The zero-order valence-corrected chi connectivity index (χ0v) is 20.0. The lowest BCUT2D eigenvalue weighted by Gasteiger charge is -2.26. The van der Waals surface area contributed by atoms with E-state index in [-0.39, 0.29) is 12.1 Å². The van der Waals surface area contributed by atoms with Crippen LogP contribution in [0.15, 0.2) is 60.9 Å². The van der Waals surface area contributed by atoms with Crippen LogP contribution < -0.4 is 20.7 Å². The SMILES string of the molecule is CCn1cnc2c(Nc3cccc(NC(=O)Oc4ccccc4)c3)nc(N[C@H]3CC[C@H](O)CC3)nc21. The molecule has 0 saturated heterocycles. The summed E-state index contributed by atoms with van der Waals surface area (Å²) >= 11 is 0. The average molecular weight is 488 g/mol. The number of rotatable bonds is 7. The van der Waals surface area contributed by atoms with E-state index in [0.717, 1.165) is 43.6 Å². The second-order valence-corrected chi connectivity index (χ2v) is 8.78. The highest BCUT2D eigenvalue weighted by Crippen LogP contribution is 2.27. The number of aromatic nitrogens is 4. The van der Waals surface area contributed by atoms with Crippen molar-refractivity contribution >= 4 is 40.4 Å². The van der Waals surface area contributed by atoms with Gasteiger partial charge in [0.05, 0.1) is 12.4 Å². The Morgan fingerprint density at radius 3 is 2.61 bits per heavy atom. The van der Waals surface area contributed by atoms with Crippen molar-refractivity contribution in [3.05, 3.63) is 60.9 Å². The van der Waals surface area contributed by atoms with Crippen LogP contribution in [0.4, 0.5) is 27.9 Å². The molecule has 10 heteroatoms. The molecule has 0 atom stereocenters. The second-order valence-electron chi connectivity index (χ2n) is 8.78. The fraction of sp³-hybridized carbons (Fsp3) is 0.308. The summed E-state index contributed by atoms with van der Waals surface area (Å²) in [5.74, 6) is 1.54. The van der Waals surface area contributed by atoms with Gasteiger partial charge in [-0.3, -0.25) is 5.32 Å². The minimum Gasteiger partial charge on any atom is -0.410 e. The number of nitrogens with zero attached hydrogens (tertiary/aromatic N) is 4. The number of imidazole rings is 1. The molecule has 0 radical (unpaired) electrons. The Morgan fingerprint density at radius 2 is 1.83 bits per heavy atom. The first-order valence-corrected chi connectivity index (χ1v) is 12.2. The summed E-state index contributed by atoms with van der Waals surface area (Å²) in [6, 6.07) is 16.4. The zero-order chi connectivity index (χ0) is 24.9. The van der Waals surface area contributed by atoms with Crippen LogP contribution in [0.3, 0.4) is 0 Å². The van der Waals surface area contributed by atoms with Crippen LogP contribution >= 0.6 is 0 Å².